The van der Waals surface area contributed by atoms with Crippen molar-refractivity contribution >= 4 is 5.69 Å². The normalized spacial score (nSPS) is 19.2. The van der Waals surface area contributed by atoms with E-state index in [9.17, 15) is 5.11 Å². The van der Waals surface area contributed by atoms with Crippen LogP contribution >= 0.6 is 0 Å². The average Bonchev–Trinajstić information content (AvgIpc) is 2.47. The number of rotatable bonds is 6. The van der Waals surface area contributed by atoms with E-state index in [0.717, 1.165) is 5.56 Å². The Hall–Kier alpha value is -1.26. The molecule has 1 fully saturated rings. The molecular formula is C17H28N2O2. The molecule has 0 saturated heterocycles. The van der Waals surface area contributed by atoms with E-state index in [1.165, 1.54) is 32.1 Å². The summed E-state index contributed by atoms with van der Waals surface area (Å²) >= 11 is 0. The Morgan fingerprint density at radius 2 is 2.05 bits per heavy atom. The molecule has 0 amide bonds. The highest BCUT2D eigenvalue weighted by atomic mass is 16.5. The van der Waals surface area contributed by atoms with Gasteiger partial charge in [0.2, 0.25) is 0 Å². The van der Waals surface area contributed by atoms with Gasteiger partial charge in [0.15, 0.2) is 0 Å². The van der Waals surface area contributed by atoms with Crippen LogP contribution in [0.5, 0.6) is 5.75 Å². The second-order valence-corrected chi connectivity index (χ2v) is 6.51. The van der Waals surface area contributed by atoms with Gasteiger partial charge in [-0.2, -0.15) is 0 Å². The predicted octanol–water partition coefficient (Wildman–Crippen LogP) is 2.63. The molecule has 0 bridgehead atoms. The first-order valence-corrected chi connectivity index (χ1v) is 7.90. The van der Waals surface area contributed by atoms with Gasteiger partial charge in [0.05, 0.1) is 5.69 Å². The lowest BCUT2D eigenvalue weighted by Crippen LogP contribution is -2.48. The molecule has 1 aromatic carbocycles. The van der Waals surface area contributed by atoms with Crippen molar-refractivity contribution in [2.45, 2.75) is 57.6 Å². The monoisotopic (exact) mass is 292 g/mol. The van der Waals surface area contributed by atoms with Gasteiger partial charge in [-0.25, -0.2) is 0 Å². The summed E-state index contributed by atoms with van der Waals surface area (Å²) in [5.41, 5.74) is 7.74. The Morgan fingerprint density at radius 3 is 2.76 bits per heavy atom. The summed E-state index contributed by atoms with van der Waals surface area (Å²) < 4.78 is 5.64. The summed E-state index contributed by atoms with van der Waals surface area (Å²) in [7, 11) is 0. The van der Waals surface area contributed by atoms with Crippen LogP contribution in [0.4, 0.5) is 5.69 Å². The van der Waals surface area contributed by atoms with E-state index in [-0.39, 0.29) is 12.1 Å². The maximum Gasteiger partial charge on any atom is 0.142 e. The summed E-state index contributed by atoms with van der Waals surface area (Å²) in [5, 5.41) is 13.6. The average molecular weight is 292 g/mol. The van der Waals surface area contributed by atoms with Crippen molar-refractivity contribution in [2.24, 2.45) is 0 Å². The molecule has 0 radical (unpaired) electrons. The number of aliphatic hydroxyl groups excluding tert-OH is 1. The number of aliphatic hydroxyl groups is 1. The zero-order chi connectivity index (χ0) is 15.3. The van der Waals surface area contributed by atoms with Gasteiger partial charge in [-0.05, 0) is 44.4 Å². The van der Waals surface area contributed by atoms with Crippen LogP contribution in [-0.4, -0.2) is 29.9 Å². The molecule has 4 heteroatoms. The minimum Gasteiger partial charge on any atom is -0.489 e. The molecule has 0 spiro atoms. The van der Waals surface area contributed by atoms with Gasteiger partial charge in [-0.1, -0.05) is 25.3 Å². The van der Waals surface area contributed by atoms with Crippen molar-refractivity contribution in [3.63, 3.8) is 0 Å². The van der Waals surface area contributed by atoms with Gasteiger partial charge >= 0.3 is 0 Å². The van der Waals surface area contributed by atoms with Crippen LogP contribution < -0.4 is 15.8 Å². The van der Waals surface area contributed by atoms with Gasteiger partial charge in [0.25, 0.3) is 0 Å². The van der Waals surface area contributed by atoms with E-state index in [4.69, 9.17) is 10.5 Å². The summed E-state index contributed by atoms with van der Waals surface area (Å²) in [6, 6.07) is 5.68. The molecule has 21 heavy (non-hydrogen) atoms. The fourth-order valence-electron chi connectivity index (χ4n) is 2.88. The SMILES string of the molecule is Cc1ccc(N)c(OCC(O)CNC2(C)CCCCC2)c1. The molecule has 4 nitrogen and oxygen atoms in total. The van der Waals surface area contributed by atoms with E-state index in [1.54, 1.807) is 0 Å². The van der Waals surface area contributed by atoms with Crippen molar-refractivity contribution in [3.8, 4) is 5.75 Å². The second-order valence-electron chi connectivity index (χ2n) is 6.51. The fourth-order valence-corrected chi connectivity index (χ4v) is 2.88. The van der Waals surface area contributed by atoms with Crippen LogP contribution in [-0.2, 0) is 0 Å². The van der Waals surface area contributed by atoms with Crippen molar-refractivity contribution in [3.05, 3.63) is 23.8 Å². The lowest BCUT2D eigenvalue weighted by Gasteiger charge is -2.35. The minimum atomic E-state index is -0.524. The first kappa shape index (κ1) is 16.1. The lowest BCUT2D eigenvalue weighted by atomic mass is 9.83. The Labute approximate surface area is 127 Å². The van der Waals surface area contributed by atoms with Crippen molar-refractivity contribution in [1.82, 2.24) is 5.32 Å². The Morgan fingerprint density at radius 1 is 1.33 bits per heavy atom. The van der Waals surface area contributed by atoms with E-state index in [2.05, 4.69) is 12.2 Å². The Balaban J connectivity index is 1.76. The third-order valence-electron chi connectivity index (χ3n) is 4.32. The third-order valence-corrected chi connectivity index (χ3v) is 4.32. The van der Waals surface area contributed by atoms with Crippen molar-refractivity contribution < 1.29 is 9.84 Å². The highest BCUT2D eigenvalue weighted by molar-refractivity contribution is 5.53. The molecule has 1 unspecified atom stereocenters. The predicted molar refractivity (Wildman–Crippen MR) is 86.6 cm³/mol. The summed E-state index contributed by atoms with van der Waals surface area (Å²) in [6.45, 7) is 5.06. The van der Waals surface area contributed by atoms with Crippen LogP contribution in [0.15, 0.2) is 18.2 Å². The molecule has 4 N–H and O–H groups in total. The number of nitrogen functional groups attached to an aromatic ring is 1. The topological polar surface area (TPSA) is 67.5 Å². The molecule has 0 aromatic heterocycles. The maximum absolute atomic E-state index is 10.1. The number of ether oxygens (including phenoxy) is 1. The quantitative estimate of drug-likeness (QED) is 0.705. The van der Waals surface area contributed by atoms with E-state index >= 15 is 0 Å². The van der Waals surface area contributed by atoms with Gasteiger partial charge in [0, 0.05) is 12.1 Å². The number of anilines is 1. The van der Waals surface area contributed by atoms with Crippen LogP contribution in [0, 0.1) is 6.92 Å². The fraction of sp³-hybridized carbons (Fsp3) is 0.647. The first-order chi connectivity index (χ1) is 9.98. The number of hydrogen-bond donors (Lipinski definition) is 3. The number of β-amino-alcohol motifs (C(OH)–C–C–N with tert-alkyl or cyclic N) is 1. The van der Waals surface area contributed by atoms with E-state index < -0.39 is 6.10 Å². The largest absolute Gasteiger partial charge is 0.489 e. The number of benzene rings is 1. The van der Waals surface area contributed by atoms with Gasteiger partial charge in [-0.15, -0.1) is 0 Å². The number of hydrogen-bond acceptors (Lipinski definition) is 4. The van der Waals surface area contributed by atoms with Gasteiger partial charge < -0.3 is 20.9 Å². The molecule has 118 valence electrons. The number of nitrogens with one attached hydrogen (secondary N) is 1. The minimum absolute atomic E-state index is 0.168. The smallest absolute Gasteiger partial charge is 0.142 e. The molecule has 0 heterocycles. The Kier molecular flexibility index (Phi) is 5.48. The molecule has 2 rings (SSSR count). The van der Waals surface area contributed by atoms with Crippen LogP contribution in [0.25, 0.3) is 0 Å². The maximum atomic E-state index is 10.1. The molecule has 1 aromatic rings. The molecule has 1 aliphatic rings. The molecule has 1 atom stereocenters. The molecular weight excluding hydrogens is 264 g/mol. The first-order valence-electron chi connectivity index (χ1n) is 7.90. The second kappa shape index (κ2) is 7.14. The zero-order valence-corrected chi connectivity index (χ0v) is 13.2. The summed E-state index contributed by atoms with van der Waals surface area (Å²) in [4.78, 5) is 0. The van der Waals surface area contributed by atoms with Crippen LogP contribution in [0.2, 0.25) is 0 Å². The lowest BCUT2D eigenvalue weighted by molar-refractivity contribution is 0.0933. The van der Waals surface area contributed by atoms with Crippen molar-refractivity contribution in [1.29, 1.82) is 0 Å². The molecule has 0 aliphatic heterocycles. The van der Waals surface area contributed by atoms with Crippen LogP contribution in [0.1, 0.15) is 44.6 Å². The van der Waals surface area contributed by atoms with Gasteiger partial charge in [0.1, 0.15) is 18.5 Å². The summed E-state index contributed by atoms with van der Waals surface area (Å²) in [6.07, 6.45) is 5.72. The molecule has 1 saturated carbocycles. The van der Waals surface area contributed by atoms with Gasteiger partial charge in [-0.3, -0.25) is 0 Å². The third kappa shape index (κ3) is 4.90. The summed E-state index contributed by atoms with van der Waals surface area (Å²) in [5.74, 6) is 0.651. The standard InChI is InChI=1S/C17H28N2O2/c1-13-6-7-15(18)16(10-13)21-12-14(20)11-19-17(2)8-4-3-5-9-17/h6-7,10,14,19-20H,3-5,8-9,11-12,18H2,1-2H3. The zero-order valence-electron chi connectivity index (χ0n) is 13.2. The number of nitrogens with two attached hydrogens (primary N) is 1. The van der Waals surface area contributed by atoms with Crippen LogP contribution in [0.3, 0.4) is 0 Å². The Bertz CT molecular complexity index is 456. The van der Waals surface area contributed by atoms with Crippen molar-refractivity contribution in [2.75, 3.05) is 18.9 Å². The van der Waals surface area contributed by atoms with E-state index in [0.29, 0.717) is 18.0 Å². The number of aryl methyl sites for hydroxylation is 1. The van der Waals surface area contributed by atoms with E-state index in [1.807, 2.05) is 25.1 Å². The highest BCUT2D eigenvalue weighted by Crippen LogP contribution is 2.27. The molecule has 1 aliphatic carbocycles. The highest BCUT2D eigenvalue weighted by Gasteiger charge is 2.26.